The topological polar surface area (TPSA) is 101 Å². The molecule has 2 aromatic rings. The number of para-hydroxylation sites is 1. The Kier molecular flexibility index (Phi) is 4.40. The number of amides is 1. The molecule has 1 aliphatic heterocycles. The van der Waals surface area contributed by atoms with Crippen LogP contribution in [0.3, 0.4) is 0 Å². The van der Waals surface area contributed by atoms with Crippen molar-refractivity contribution in [2.45, 2.75) is 26.3 Å². The number of sulfone groups is 1. The number of carbonyl (C=O) groups excluding carboxylic acids is 1. The van der Waals surface area contributed by atoms with E-state index in [2.05, 4.69) is 10.2 Å². The zero-order chi connectivity index (χ0) is 17.3. The van der Waals surface area contributed by atoms with E-state index in [0.29, 0.717) is 13.0 Å². The third kappa shape index (κ3) is 3.19. The van der Waals surface area contributed by atoms with Gasteiger partial charge in [0, 0.05) is 18.4 Å². The van der Waals surface area contributed by atoms with Crippen LogP contribution in [0.25, 0.3) is 10.9 Å². The second-order valence-corrected chi connectivity index (χ2v) is 8.23. The first-order valence-electron chi connectivity index (χ1n) is 7.86. The van der Waals surface area contributed by atoms with Crippen molar-refractivity contribution in [3.63, 3.8) is 0 Å². The highest BCUT2D eigenvalue weighted by molar-refractivity contribution is 7.91. The summed E-state index contributed by atoms with van der Waals surface area (Å²) in [6.45, 7) is 2.47. The van der Waals surface area contributed by atoms with E-state index in [-0.39, 0.29) is 35.4 Å². The summed E-state index contributed by atoms with van der Waals surface area (Å²) in [4.78, 5) is 12.0. The van der Waals surface area contributed by atoms with E-state index < -0.39 is 15.7 Å². The van der Waals surface area contributed by atoms with Gasteiger partial charge in [-0.1, -0.05) is 18.2 Å². The van der Waals surface area contributed by atoms with Gasteiger partial charge in [0.05, 0.1) is 17.0 Å². The summed E-state index contributed by atoms with van der Waals surface area (Å²) in [7, 11) is -3.01. The van der Waals surface area contributed by atoms with E-state index in [1.807, 2.05) is 31.2 Å². The first-order chi connectivity index (χ1) is 11.4. The Labute approximate surface area is 139 Å². The first kappa shape index (κ1) is 16.6. The maximum atomic E-state index is 12.0. The van der Waals surface area contributed by atoms with E-state index in [0.717, 1.165) is 10.9 Å². The number of rotatable bonds is 4. The van der Waals surface area contributed by atoms with Gasteiger partial charge < -0.3 is 9.67 Å². The largest absolute Gasteiger partial charge is 0.493 e. The average Bonchev–Trinajstić information content (AvgIpc) is 3.01. The lowest BCUT2D eigenvalue weighted by molar-refractivity contribution is -0.119. The highest BCUT2D eigenvalue weighted by atomic mass is 32.2. The van der Waals surface area contributed by atoms with Crippen LogP contribution in [0.15, 0.2) is 34.5 Å². The van der Waals surface area contributed by atoms with Crippen molar-refractivity contribution in [1.82, 2.24) is 4.57 Å². The highest BCUT2D eigenvalue weighted by Crippen LogP contribution is 2.38. The minimum atomic E-state index is -3.01. The molecule has 7 nitrogen and oxygen atoms in total. The second-order valence-electron chi connectivity index (χ2n) is 6.00. The van der Waals surface area contributed by atoms with Gasteiger partial charge in [0.2, 0.25) is 5.88 Å². The number of azo groups is 1. The molecule has 3 rings (SSSR count). The molecule has 1 aliphatic rings. The SMILES string of the molecule is CCn1c(O)c(N=NC(=O)C[C@H]2CCS(=O)(=O)C2)c2ccccc21. The van der Waals surface area contributed by atoms with Gasteiger partial charge in [-0.05, 0) is 25.3 Å². The quantitative estimate of drug-likeness (QED) is 0.858. The van der Waals surface area contributed by atoms with E-state index >= 15 is 0 Å². The molecule has 1 aromatic heterocycles. The van der Waals surface area contributed by atoms with Gasteiger partial charge >= 0.3 is 0 Å². The first-order valence-corrected chi connectivity index (χ1v) is 9.68. The van der Waals surface area contributed by atoms with E-state index in [4.69, 9.17) is 0 Å². The predicted octanol–water partition coefficient (Wildman–Crippen LogP) is 2.80. The molecule has 128 valence electrons. The normalized spacial score (nSPS) is 20.1. The number of fused-ring (bicyclic) bond motifs is 1. The molecule has 1 saturated heterocycles. The number of benzene rings is 1. The number of hydrogen-bond acceptors (Lipinski definition) is 5. The predicted molar refractivity (Wildman–Crippen MR) is 90.2 cm³/mol. The molecule has 0 unspecified atom stereocenters. The number of nitrogens with zero attached hydrogens (tertiary/aromatic N) is 3. The molecule has 1 aromatic carbocycles. The number of aromatic nitrogens is 1. The van der Waals surface area contributed by atoms with Crippen LogP contribution in [-0.2, 0) is 21.2 Å². The third-order valence-corrected chi connectivity index (χ3v) is 6.12. The lowest BCUT2D eigenvalue weighted by atomic mass is 10.1. The van der Waals surface area contributed by atoms with Gasteiger partial charge in [-0.15, -0.1) is 10.2 Å². The molecule has 2 heterocycles. The van der Waals surface area contributed by atoms with E-state index in [9.17, 15) is 18.3 Å². The van der Waals surface area contributed by atoms with Gasteiger partial charge in [-0.2, -0.15) is 0 Å². The lowest BCUT2D eigenvalue weighted by Gasteiger charge is -2.02. The van der Waals surface area contributed by atoms with Crippen molar-refractivity contribution >= 4 is 32.3 Å². The minimum absolute atomic E-state index is 0.0290. The molecule has 8 heteroatoms. The standard InChI is InChI=1S/C16H19N3O4S/c1-2-19-13-6-4-3-5-12(13)15(16(19)21)18-17-14(20)9-11-7-8-24(22,23)10-11/h3-6,11,21H,2,7-10H2,1H3/t11-/m1/s1. The van der Waals surface area contributed by atoms with E-state index in [1.54, 1.807) is 4.57 Å². The number of hydrogen-bond donors (Lipinski definition) is 1. The Bertz CT molecular complexity index is 915. The average molecular weight is 349 g/mol. The fraction of sp³-hybridized carbons (Fsp3) is 0.438. The lowest BCUT2D eigenvalue weighted by Crippen LogP contribution is -2.08. The molecular formula is C16H19N3O4S. The third-order valence-electron chi connectivity index (χ3n) is 4.29. The van der Waals surface area contributed by atoms with Gasteiger partial charge in [-0.25, -0.2) is 8.42 Å². The maximum absolute atomic E-state index is 12.0. The fourth-order valence-corrected chi connectivity index (χ4v) is 4.98. The molecule has 0 radical (unpaired) electrons. The van der Waals surface area contributed by atoms with Crippen molar-refractivity contribution in [3.8, 4) is 5.88 Å². The van der Waals surface area contributed by atoms with Crippen LogP contribution >= 0.6 is 0 Å². The van der Waals surface area contributed by atoms with Crippen molar-refractivity contribution < 1.29 is 18.3 Å². The molecule has 0 bridgehead atoms. The highest BCUT2D eigenvalue weighted by Gasteiger charge is 2.29. The second kappa shape index (κ2) is 6.35. The van der Waals surface area contributed by atoms with Crippen LogP contribution in [0.1, 0.15) is 19.8 Å². The monoisotopic (exact) mass is 349 g/mol. The number of aryl methyl sites for hydroxylation is 1. The molecule has 1 atom stereocenters. The van der Waals surface area contributed by atoms with E-state index in [1.165, 1.54) is 0 Å². The van der Waals surface area contributed by atoms with Crippen LogP contribution < -0.4 is 0 Å². The van der Waals surface area contributed by atoms with Crippen molar-refractivity contribution in [2.75, 3.05) is 11.5 Å². The summed E-state index contributed by atoms with van der Waals surface area (Å²) in [6, 6.07) is 7.36. The van der Waals surface area contributed by atoms with Crippen LogP contribution in [0.2, 0.25) is 0 Å². The number of carbonyl (C=O) groups is 1. The zero-order valence-corrected chi connectivity index (χ0v) is 14.2. The molecule has 0 aliphatic carbocycles. The Morgan fingerprint density at radius 1 is 1.38 bits per heavy atom. The van der Waals surface area contributed by atoms with Crippen LogP contribution in [0.5, 0.6) is 5.88 Å². The summed E-state index contributed by atoms with van der Waals surface area (Å²) in [6.07, 6.45) is 0.555. The van der Waals surface area contributed by atoms with Gasteiger partial charge in [0.15, 0.2) is 15.5 Å². The minimum Gasteiger partial charge on any atom is -0.493 e. The fourth-order valence-electron chi connectivity index (χ4n) is 3.12. The van der Waals surface area contributed by atoms with Gasteiger partial charge in [0.25, 0.3) is 5.91 Å². The van der Waals surface area contributed by atoms with Crippen LogP contribution in [0, 0.1) is 5.92 Å². The van der Waals surface area contributed by atoms with Crippen LogP contribution in [0.4, 0.5) is 5.69 Å². The van der Waals surface area contributed by atoms with Crippen molar-refractivity contribution in [2.24, 2.45) is 16.1 Å². The summed E-state index contributed by atoms with van der Waals surface area (Å²) >= 11 is 0. The Balaban J connectivity index is 1.81. The summed E-state index contributed by atoms with van der Waals surface area (Å²) in [5, 5.41) is 18.6. The molecular weight excluding hydrogens is 330 g/mol. The van der Waals surface area contributed by atoms with Crippen molar-refractivity contribution in [3.05, 3.63) is 24.3 Å². The summed E-state index contributed by atoms with van der Waals surface area (Å²) < 4.78 is 24.5. The summed E-state index contributed by atoms with van der Waals surface area (Å²) in [5.74, 6) is -0.516. The molecule has 1 N–H and O–H groups in total. The maximum Gasteiger partial charge on any atom is 0.265 e. The Morgan fingerprint density at radius 2 is 2.12 bits per heavy atom. The van der Waals surface area contributed by atoms with Gasteiger partial charge in [0.1, 0.15) is 0 Å². The van der Waals surface area contributed by atoms with Crippen molar-refractivity contribution in [1.29, 1.82) is 0 Å². The van der Waals surface area contributed by atoms with Gasteiger partial charge in [-0.3, -0.25) is 4.79 Å². The Hall–Kier alpha value is -2.22. The molecule has 0 saturated carbocycles. The molecule has 1 amide bonds. The molecule has 0 spiro atoms. The number of aromatic hydroxyl groups is 1. The van der Waals surface area contributed by atoms with Crippen LogP contribution in [-0.4, -0.2) is 35.5 Å². The smallest absolute Gasteiger partial charge is 0.265 e. The molecule has 24 heavy (non-hydrogen) atoms. The zero-order valence-electron chi connectivity index (χ0n) is 13.3. The summed E-state index contributed by atoms with van der Waals surface area (Å²) in [5.41, 5.74) is 1.08. The molecule has 1 fully saturated rings. The Morgan fingerprint density at radius 3 is 2.79 bits per heavy atom.